The molecule has 1 aromatic carbocycles. The molecule has 5 heteroatoms. The number of benzene rings is 1. The zero-order valence-electron chi connectivity index (χ0n) is 11.2. The Kier molecular flexibility index (Phi) is 5.82. The zero-order valence-corrected chi connectivity index (χ0v) is 11.2. The van der Waals surface area contributed by atoms with Crippen LogP contribution >= 0.6 is 0 Å². The van der Waals surface area contributed by atoms with Gasteiger partial charge in [0.15, 0.2) is 0 Å². The van der Waals surface area contributed by atoms with Crippen LogP contribution in [0.4, 0.5) is 13.2 Å². The summed E-state index contributed by atoms with van der Waals surface area (Å²) in [6, 6.07) is 5.23. The van der Waals surface area contributed by atoms with Crippen LogP contribution < -0.4 is 5.32 Å². The van der Waals surface area contributed by atoms with Gasteiger partial charge in [-0.25, -0.2) is 0 Å². The lowest BCUT2D eigenvalue weighted by Crippen LogP contribution is -2.26. The number of hydrogen-bond donors (Lipinski definition) is 2. The van der Waals surface area contributed by atoms with Gasteiger partial charge in [-0.1, -0.05) is 25.1 Å². The van der Waals surface area contributed by atoms with Crippen molar-refractivity contribution in [1.82, 2.24) is 5.32 Å². The fraction of sp³-hybridized carbons (Fsp3) is 0.571. The van der Waals surface area contributed by atoms with Gasteiger partial charge >= 0.3 is 6.18 Å². The van der Waals surface area contributed by atoms with Crippen LogP contribution in [-0.2, 0) is 6.18 Å². The third-order valence-corrected chi connectivity index (χ3v) is 3.13. The second kappa shape index (κ2) is 6.91. The van der Waals surface area contributed by atoms with Gasteiger partial charge in [-0.15, -0.1) is 0 Å². The van der Waals surface area contributed by atoms with Gasteiger partial charge in [-0.2, -0.15) is 13.2 Å². The van der Waals surface area contributed by atoms with E-state index < -0.39 is 11.7 Å². The lowest BCUT2D eigenvalue weighted by Gasteiger charge is -2.21. The Morgan fingerprint density at radius 2 is 1.84 bits per heavy atom. The SMILES string of the molecule is CC(CCO)CNC(C)c1ccccc1C(F)(F)F. The first kappa shape index (κ1) is 16.0. The molecule has 1 rings (SSSR count). The molecule has 0 aliphatic heterocycles. The lowest BCUT2D eigenvalue weighted by atomic mass is 10.00. The Labute approximate surface area is 111 Å². The number of rotatable bonds is 6. The molecule has 2 unspecified atom stereocenters. The van der Waals surface area contributed by atoms with Crippen molar-refractivity contribution < 1.29 is 18.3 Å². The molecule has 0 aromatic heterocycles. The molecular formula is C14H20F3NO. The van der Waals surface area contributed by atoms with E-state index in [2.05, 4.69) is 5.32 Å². The first-order chi connectivity index (χ1) is 8.86. The number of aliphatic hydroxyl groups is 1. The van der Waals surface area contributed by atoms with Gasteiger partial charge in [0.1, 0.15) is 0 Å². The molecule has 1 aromatic rings. The van der Waals surface area contributed by atoms with Crippen molar-refractivity contribution in [3.8, 4) is 0 Å². The van der Waals surface area contributed by atoms with E-state index in [1.54, 1.807) is 13.0 Å². The minimum absolute atomic E-state index is 0.0936. The number of alkyl halides is 3. The molecule has 0 heterocycles. The van der Waals surface area contributed by atoms with E-state index in [4.69, 9.17) is 5.11 Å². The fourth-order valence-electron chi connectivity index (χ4n) is 1.94. The van der Waals surface area contributed by atoms with Crippen molar-refractivity contribution in [2.24, 2.45) is 5.92 Å². The average molecular weight is 275 g/mol. The molecule has 2 nitrogen and oxygen atoms in total. The second-order valence-corrected chi connectivity index (χ2v) is 4.83. The largest absolute Gasteiger partial charge is 0.416 e. The molecule has 0 amide bonds. The molecule has 2 N–H and O–H groups in total. The van der Waals surface area contributed by atoms with Crippen molar-refractivity contribution in [2.45, 2.75) is 32.5 Å². The molecule has 19 heavy (non-hydrogen) atoms. The predicted molar refractivity (Wildman–Crippen MR) is 68.7 cm³/mol. The topological polar surface area (TPSA) is 32.3 Å². The van der Waals surface area contributed by atoms with E-state index in [9.17, 15) is 13.2 Å². The smallest absolute Gasteiger partial charge is 0.396 e. The van der Waals surface area contributed by atoms with Crippen LogP contribution in [0, 0.1) is 5.92 Å². The summed E-state index contributed by atoms with van der Waals surface area (Å²) in [5.41, 5.74) is -0.337. The highest BCUT2D eigenvalue weighted by Gasteiger charge is 2.34. The molecule has 0 fully saturated rings. The van der Waals surface area contributed by atoms with Gasteiger partial charge in [-0.05, 0) is 37.4 Å². The Morgan fingerprint density at radius 1 is 1.21 bits per heavy atom. The molecule has 0 radical (unpaired) electrons. The van der Waals surface area contributed by atoms with Crippen molar-refractivity contribution >= 4 is 0 Å². The van der Waals surface area contributed by atoms with Gasteiger partial charge in [0.25, 0.3) is 0 Å². The van der Waals surface area contributed by atoms with Crippen molar-refractivity contribution in [2.75, 3.05) is 13.2 Å². The molecule has 0 saturated heterocycles. The van der Waals surface area contributed by atoms with E-state index in [0.29, 0.717) is 13.0 Å². The van der Waals surface area contributed by atoms with Gasteiger partial charge in [0, 0.05) is 12.6 Å². The first-order valence-electron chi connectivity index (χ1n) is 6.36. The molecule has 0 spiro atoms. The molecule has 108 valence electrons. The molecule has 0 aliphatic rings. The minimum atomic E-state index is -4.33. The lowest BCUT2D eigenvalue weighted by molar-refractivity contribution is -0.138. The maximum Gasteiger partial charge on any atom is 0.416 e. The van der Waals surface area contributed by atoms with Crippen LogP contribution in [0.2, 0.25) is 0 Å². The Hall–Kier alpha value is -1.07. The molecule has 0 aliphatic carbocycles. The van der Waals surface area contributed by atoms with Crippen LogP contribution in [0.1, 0.15) is 37.4 Å². The number of halogens is 3. The van der Waals surface area contributed by atoms with Crippen LogP contribution in [0.25, 0.3) is 0 Å². The Morgan fingerprint density at radius 3 is 2.42 bits per heavy atom. The summed E-state index contributed by atoms with van der Waals surface area (Å²) in [6.07, 6.45) is -3.69. The quantitative estimate of drug-likeness (QED) is 0.834. The van der Waals surface area contributed by atoms with Crippen molar-refractivity contribution in [3.63, 3.8) is 0 Å². The number of aliphatic hydroxyl groups excluding tert-OH is 1. The van der Waals surface area contributed by atoms with E-state index in [1.807, 2.05) is 6.92 Å². The summed E-state index contributed by atoms with van der Waals surface area (Å²) >= 11 is 0. The van der Waals surface area contributed by atoms with Crippen LogP contribution in [0.3, 0.4) is 0 Å². The summed E-state index contributed by atoms with van der Waals surface area (Å²) in [5.74, 6) is 0.227. The molecule has 0 saturated carbocycles. The van der Waals surface area contributed by atoms with Gasteiger partial charge in [0.05, 0.1) is 5.56 Å². The first-order valence-corrected chi connectivity index (χ1v) is 6.36. The van der Waals surface area contributed by atoms with E-state index in [-0.39, 0.29) is 24.1 Å². The Bertz CT molecular complexity index is 393. The Balaban J connectivity index is 2.74. The summed E-state index contributed by atoms with van der Waals surface area (Å²) in [5, 5.41) is 11.9. The fourth-order valence-corrected chi connectivity index (χ4v) is 1.94. The van der Waals surface area contributed by atoms with Gasteiger partial charge < -0.3 is 10.4 Å². The zero-order chi connectivity index (χ0) is 14.5. The second-order valence-electron chi connectivity index (χ2n) is 4.83. The normalized spacial score (nSPS) is 15.3. The van der Waals surface area contributed by atoms with E-state index in [0.717, 1.165) is 6.07 Å². The van der Waals surface area contributed by atoms with Crippen molar-refractivity contribution in [1.29, 1.82) is 0 Å². The summed E-state index contributed by atoms with van der Waals surface area (Å²) in [4.78, 5) is 0. The predicted octanol–water partition coefficient (Wildman–Crippen LogP) is 3.37. The molecule has 0 bridgehead atoms. The molecular weight excluding hydrogens is 255 g/mol. The standard InChI is InChI=1S/C14H20F3NO/c1-10(7-8-19)9-18-11(2)12-5-3-4-6-13(12)14(15,16)17/h3-6,10-11,18-19H,7-9H2,1-2H3. The van der Waals surface area contributed by atoms with Gasteiger partial charge in [0.2, 0.25) is 0 Å². The highest BCUT2D eigenvalue weighted by atomic mass is 19.4. The van der Waals surface area contributed by atoms with Crippen LogP contribution in [0.5, 0.6) is 0 Å². The highest BCUT2D eigenvalue weighted by Crippen LogP contribution is 2.34. The maximum atomic E-state index is 12.9. The van der Waals surface area contributed by atoms with Crippen LogP contribution in [-0.4, -0.2) is 18.3 Å². The molecule has 2 atom stereocenters. The highest BCUT2D eigenvalue weighted by molar-refractivity contribution is 5.32. The third-order valence-electron chi connectivity index (χ3n) is 3.13. The monoisotopic (exact) mass is 275 g/mol. The van der Waals surface area contributed by atoms with E-state index in [1.165, 1.54) is 12.1 Å². The van der Waals surface area contributed by atoms with Gasteiger partial charge in [-0.3, -0.25) is 0 Å². The summed E-state index contributed by atoms with van der Waals surface area (Å²) in [7, 11) is 0. The third kappa shape index (κ3) is 4.84. The maximum absolute atomic E-state index is 12.9. The van der Waals surface area contributed by atoms with Crippen molar-refractivity contribution in [3.05, 3.63) is 35.4 Å². The summed E-state index contributed by atoms with van der Waals surface area (Å²) < 4.78 is 38.6. The average Bonchev–Trinajstić information content (AvgIpc) is 2.35. The van der Waals surface area contributed by atoms with Crippen LogP contribution in [0.15, 0.2) is 24.3 Å². The van der Waals surface area contributed by atoms with E-state index >= 15 is 0 Å². The number of nitrogens with one attached hydrogen (secondary N) is 1. The minimum Gasteiger partial charge on any atom is -0.396 e. The number of hydrogen-bond acceptors (Lipinski definition) is 2. The summed E-state index contributed by atoms with van der Waals surface area (Å²) in [6.45, 7) is 4.34.